The molecule has 0 unspecified atom stereocenters. The van der Waals surface area contributed by atoms with E-state index < -0.39 is 17.6 Å². The van der Waals surface area contributed by atoms with Gasteiger partial charge in [-0.2, -0.15) is 4.39 Å². The van der Waals surface area contributed by atoms with E-state index in [4.69, 9.17) is 9.84 Å². The summed E-state index contributed by atoms with van der Waals surface area (Å²) in [4.78, 5) is 10.2. The summed E-state index contributed by atoms with van der Waals surface area (Å²) in [6.07, 6.45) is 1.72. The molecule has 0 fully saturated rings. The van der Waals surface area contributed by atoms with Crippen LogP contribution < -0.4 is 4.74 Å². The number of carbonyl (C=O) groups is 1. The van der Waals surface area contributed by atoms with Crippen LogP contribution in [-0.2, 0) is 4.79 Å². The van der Waals surface area contributed by atoms with Crippen LogP contribution in [0.3, 0.4) is 0 Å². The summed E-state index contributed by atoms with van der Waals surface area (Å²) in [5, 5.41) is 8.35. The Labute approximate surface area is 91.0 Å². The first-order valence-corrected chi connectivity index (χ1v) is 4.58. The zero-order valence-electron chi connectivity index (χ0n) is 8.54. The quantitative estimate of drug-likeness (QED) is 0.805. The van der Waals surface area contributed by atoms with Crippen LogP contribution in [0.2, 0.25) is 0 Å². The van der Waals surface area contributed by atoms with Gasteiger partial charge in [0.25, 0.3) is 0 Å². The molecule has 0 amide bonds. The Morgan fingerprint density at radius 3 is 2.69 bits per heavy atom. The number of halogens is 2. The predicted molar refractivity (Wildman–Crippen MR) is 54.2 cm³/mol. The van der Waals surface area contributed by atoms with Crippen molar-refractivity contribution in [3.63, 3.8) is 0 Å². The lowest BCUT2D eigenvalue weighted by atomic mass is 10.2. The first-order chi connectivity index (χ1) is 7.56. The maximum absolute atomic E-state index is 13.3. The fourth-order valence-corrected chi connectivity index (χ4v) is 1.10. The summed E-state index contributed by atoms with van der Waals surface area (Å²) in [5.41, 5.74) is -0.136. The van der Waals surface area contributed by atoms with Crippen LogP contribution in [0.25, 0.3) is 6.08 Å². The van der Waals surface area contributed by atoms with Gasteiger partial charge in [0.05, 0.1) is 6.61 Å². The summed E-state index contributed by atoms with van der Waals surface area (Å²) in [6.45, 7) is 1.87. The van der Waals surface area contributed by atoms with Crippen molar-refractivity contribution in [3.05, 3.63) is 35.4 Å². The lowest BCUT2D eigenvalue weighted by Gasteiger charge is -2.06. The highest BCUT2D eigenvalue weighted by Gasteiger charge is 2.12. The van der Waals surface area contributed by atoms with Gasteiger partial charge in [0.15, 0.2) is 11.6 Å². The molecule has 0 bridgehead atoms. The van der Waals surface area contributed by atoms with Gasteiger partial charge in [-0.1, -0.05) is 0 Å². The van der Waals surface area contributed by atoms with Gasteiger partial charge in [-0.3, -0.25) is 0 Å². The van der Waals surface area contributed by atoms with Crippen molar-refractivity contribution < 1.29 is 23.4 Å². The van der Waals surface area contributed by atoms with Crippen LogP contribution in [0.15, 0.2) is 18.2 Å². The minimum atomic E-state index is -1.23. The molecule has 5 heteroatoms. The van der Waals surface area contributed by atoms with Gasteiger partial charge in [0.1, 0.15) is 0 Å². The standard InChI is InChI=1S/C11H10F2O3/c1-2-16-8-5-3-7(4-6-9(14)15)10(12)11(8)13/h3-6H,2H2,1H3,(H,14,15). The topological polar surface area (TPSA) is 46.5 Å². The highest BCUT2D eigenvalue weighted by atomic mass is 19.2. The Bertz CT molecular complexity index is 427. The van der Waals surface area contributed by atoms with Gasteiger partial charge < -0.3 is 9.84 Å². The minimum Gasteiger partial charge on any atom is -0.491 e. The number of hydrogen-bond donors (Lipinski definition) is 1. The van der Waals surface area contributed by atoms with Crippen molar-refractivity contribution in [1.82, 2.24) is 0 Å². The third-order valence-corrected chi connectivity index (χ3v) is 1.78. The van der Waals surface area contributed by atoms with Crippen molar-refractivity contribution in [2.75, 3.05) is 6.61 Å². The molecule has 0 saturated heterocycles. The predicted octanol–water partition coefficient (Wildman–Crippen LogP) is 2.46. The molecule has 0 aliphatic carbocycles. The van der Waals surface area contributed by atoms with E-state index in [1.165, 1.54) is 12.1 Å². The lowest BCUT2D eigenvalue weighted by Crippen LogP contribution is -1.98. The number of benzene rings is 1. The Kier molecular flexibility index (Phi) is 3.99. The van der Waals surface area contributed by atoms with E-state index in [9.17, 15) is 13.6 Å². The number of rotatable bonds is 4. The number of carboxylic acids is 1. The maximum Gasteiger partial charge on any atom is 0.328 e. The third-order valence-electron chi connectivity index (χ3n) is 1.78. The SMILES string of the molecule is CCOc1ccc(C=CC(=O)O)c(F)c1F. The zero-order valence-corrected chi connectivity index (χ0v) is 8.54. The van der Waals surface area contributed by atoms with Gasteiger partial charge in [-0.25, -0.2) is 9.18 Å². The Hall–Kier alpha value is -1.91. The number of ether oxygens (including phenoxy) is 1. The molecule has 0 aliphatic heterocycles. The summed E-state index contributed by atoms with van der Waals surface area (Å²) < 4.78 is 31.5. The van der Waals surface area contributed by atoms with Gasteiger partial charge in [-0.05, 0) is 25.1 Å². The molecule has 16 heavy (non-hydrogen) atoms. The summed E-state index contributed by atoms with van der Waals surface area (Å²) in [7, 11) is 0. The van der Waals surface area contributed by atoms with Crippen molar-refractivity contribution in [2.24, 2.45) is 0 Å². The molecular weight excluding hydrogens is 218 g/mol. The van der Waals surface area contributed by atoms with Gasteiger partial charge >= 0.3 is 5.97 Å². The van der Waals surface area contributed by atoms with Crippen molar-refractivity contribution in [1.29, 1.82) is 0 Å². The van der Waals surface area contributed by atoms with E-state index in [1.807, 2.05) is 0 Å². The van der Waals surface area contributed by atoms with E-state index in [1.54, 1.807) is 6.92 Å². The summed E-state index contributed by atoms with van der Waals surface area (Å²) in [6, 6.07) is 2.51. The molecule has 0 spiro atoms. The van der Waals surface area contributed by atoms with E-state index in [0.29, 0.717) is 0 Å². The first kappa shape index (κ1) is 12.2. The molecule has 1 aromatic rings. The minimum absolute atomic E-state index is 0.136. The summed E-state index contributed by atoms with van der Waals surface area (Å²) >= 11 is 0. The van der Waals surface area contributed by atoms with Crippen molar-refractivity contribution >= 4 is 12.0 Å². The fourth-order valence-electron chi connectivity index (χ4n) is 1.10. The second-order valence-electron chi connectivity index (χ2n) is 2.89. The monoisotopic (exact) mass is 228 g/mol. The zero-order chi connectivity index (χ0) is 12.1. The average molecular weight is 228 g/mol. The fraction of sp³-hybridized carbons (Fsp3) is 0.182. The van der Waals surface area contributed by atoms with Gasteiger partial charge in [0, 0.05) is 11.6 Å². The molecule has 1 N–H and O–H groups in total. The Morgan fingerprint density at radius 2 is 2.12 bits per heavy atom. The maximum atomic E-state index is 13.3. The molecule has 86 valence electrons. The van der Waals surface area contributed by atoms with Crippen LogP contribution >= 0.6 is 0 Å². The van der Waals surface area contributed by atoms with Crippen LogP contribution in [0.5, 0.6) is 5.75 Å². The second kappa shape index (κ2) is 5.25. The molecule has 0 radical (unpaired) electrons. The van der Waals surface area contributed by atoms with Crippen LogP contribution in [0, 0.1) is 11.6 Å². The van der Waals surface area contributed by atoms with Gasteiger partial charge in [-0.15, -0.1) is 0 Å². The van der Waals surface area contributed by atoms with Crippen molar-refractivity contribution in [2.45, 2.75) is 6.92 Å². The molecule has 0 atom stereocenters. The van der Waals surface area contributed by atoms with Crippen LogP contribution in [-0.4, -0.2) is 17.7 Å². The van der Waals surface area contributed by atoms with E-state index in [-0.39, 0.29) is 17.9 Å². The summed E-state index contributed by atoms with van der Waals surface area (Å²) in [5.74, 6) is -3.65. The molecule has 0 heterocycles. The largest absolute Gasteiger partial charge is 0.491 e. The number of carboxylic acid groups (broad SMARTS) is 1. The molecule has 0 aromatic heterocycles. The first-order valence-electron chi connectivity index (χ1n) is 4.58. The molecule has 0 saturated carbocycles. The average Bonchev–Trinajstić information content (AvgIpc) is 2.24. The molecule has 1 aromatic carbocycles. The smallest absolute Gasteiger partial charge is 0.328 e. The molecule has 0 aliphatic rings. The molecular formula is C11H10F2O3. The Morgan fingerprint density at radius 1 is 1.44 bits per heavy atom. The third kappa shape index (κ3) is 2.79. The van der Waals surface area contributed by atoms with E-state index in [0.717, 1.165) is 12.2 Å². The Balaban J connectivity index is 3.06. The molecule has 1 rings (SSSR count). The van der Waals surface area contributed by atoms with E-state index >= 15 is 0 Å². The van der Waals surface area contributed by atoms with E-state index in [2.05, 4.69) is 0 Å². The second-order valence-corrected chi connectivity index (χ2v) is 2.89. The lowest BCUT2D eigenvalue weighted by molar-refractivity contribution is -0.131. The normalized spacial score (nSPS) is 10.7. The number of aliphatic carboxylic acids is 1. The van der Waals surface area contributed by atoms with Crippen LogP contribution in [0.1, 0.15) is 12.5 Å². The molecule has 3 nitrogen and oxygen atoms in total. The number of hydrogen-bond acceptors (Lipinski definition) is 2. The van der Waals surface area contributed by atoms with Crippen LogP contribution in [0.4, 0.5) is 8.78 Å². The van der Waals surface area contributed by atoms with Gasteiger partial charge in [0.2, 0.25) is 5.82 Å². The van der Waals surface area contributed by atoms with Crippen molar-refractivity contribution in [3.8, 4) is 5.75 Å². The highest BCUT2D eigenvalue weighted by Crippen LogP contribution is 2.23. The highest BCUT2D eigenvalue weighted by molar-refractivity contribution is 5.85.